The van der Waals surface area contributed by atoms with Crippen LogP contribution >= 0.6 is 27.3 Å². The predicted molar refractivity (Wildman–Crippen MR) is 84.9 cm³/mol. The van der Waals surface area contributed by atoms with Crippen molar-refractivity contribution in [2.24, 2.45) is 17.8 Å². The van der Waals surface area contributed by atoms with Crippen LogP contribution in [0.2, 0.25) is 0 Å². The van der Waals surface area contributed by atoms with Gasteiger partial charge in [-0.15, -0.1) is 0 Å². The van der Waals surface area contributed by atoms with Crippen LogP contribution < -0.4 is 5.32 Å². The molecule has 0 aliphatic heterocycles. The average molecular weight is 351 g/mol. The highest BCUT2D eigenvalue weighted by Gasteiger charge is 2.43. The lowest BCUT2D eigenvalue weighted by Gasteiger charge is -2.19. The van der Waals surface area contributed by atoms with Gasteiger partial charge in [0, 0.05) is 10.4 Å². The summed E-state index contributed by atoms with van der Waals surface area (Å²) in [4.78, 5) is 16.9. The van der Waals surface area contributed by atoms with Crippen LogP contribution in [0.15, 0.2) is 22.7 Å². The first-order valence-electron chi connectivity index (χ1n) is 7.06. The van der Waals surface area contributed by atoms with Crippen molar-refractivity contribution in [2.45, 2.75) is 25.7 Å². The summed E-state index contributed by atoms with van der Waals surface area (Å²) in [6.07, 6.45) is 4.89. The molecule has 1 N–H and O–H groups in total. The molecule has 3 atom stereocenters. The molecule has 2 aromatic rings. The maximum Gasteiger partial charge on any atom is 0.229 e. The second kappa shape index (κ2) is 4.81. The summed E-state index contributed by atoms with van der Waals surface area (Å²) in [5.74, 6) is 1.80. The lowest BCUT2D eigenvalue weighted by molar-refractivity contribution is -0.121. The minimum Gasteiger partial charge on any atom is -0.302 e. The summed E-state index contributed by atoms with van der Waals surface area (Å²) in [6, 6.07) is 5.99. The molecule has 1 amide bonds. The molecule has 1 heterocycles. The van der Waals surface area contributed by atoms with Crippen LogP contribution in [0.5, 0.6) is 0 Å². The van der Waals surface area contributed by atoms with Crippen molar-refractivity contribution in [1.82, 2.24) is 4.98 Å². The minimum absolute atomic E-state index is 0.176. The molecule has 4 rings (SSSR count). The monoisotopic (exact) mass is 350 g/mol. The van der Waals surface area contributed by atoms with Crippen molar-refractivity contribution in [3.8, 4) is 0 Å². The fourth-order valence-corrected chi connectivity index (χ4v) is 5.14. The zero-order valence-corrected chi connectivity index (χ0v) is 13.3. The first kappa shape index (κ1) is 12.8. The van der Waals surface area contributed by atoms with E-state index in [0.717, 1.165) is 32.2 Å². The van der Waals surface area contributed by atoms with Crippen LogP contribution in [0.4, 0.5) is 5.13 Å². The number of amides is 1. The molecule has 1 aromatic heterocycles. The molecule has 5 heteroatoms. The Bertz CT molecular complexity index is 684. The van der Waals surface area contributed by atoms with Crippen molar-refractivity contribution in [3.05, 3.63) is 22.7 Å². The molecule has 2 fully saturated rings. The van der Waals surface area contributed by atoms with Gasteiger partial charge in [-0.3, -0.25) is 4.79 Å². The second-order valence-corrected chi connectivity index (χ2v) is 7.85. The lowest BCUT2D eigenvalue weighted by Crippen LogP contribution is -2.27. The Morgan fingerprint density at radius 2 is 2.25 bits per heavy atom. The van der Waals surface area contributed by atoms with Crippen LogP contribution in [0.3, 0.4) is 0 Å². The Morgan fingerprint density at radius 1 is 1.35 bits per heavy atom. The van der Waals surface area contributed by atoms with Crippen molar-refractivity contribution >= 4 is 48.5 Å². The zero-order chi connectivity index (χ0) is 13.7. The molecule has 3 nitrogen and oxygen atoms in total. The first-order chi connectivity index (χ1) is 9.69. The summed E-state index contributed by atoms with van der Waals surface area (Å²) < 4.78 is 2.14. The van der Waals surface area contributed by atoms with Gasteiger partial charge in [0.2, 0.25) is 5.91 Å². The number of thiazole rings is 1. The lowest BCUT2D eigenvalue weighted by atomic mass is 9.88. The van der Waals surface area contributed by atoms with E-state index < -0.39 is 0 Å². The molecule has 1 aromatic carbocycles. The molecule has 2 bridgehead atoms. The molecule has 2 saturated carbocycles. The summed E-state index contributed by atoms with van der Waals surface area (Å²) in [7, 11) is 0. The van der Waals surface area contributed by atoms with Crippen molar-refractivity contribution in [3.63, 3.8) is 0 Å². The van der Waals surface area contributed by atoms with E-state index in [1.807, 2.05) is 18.2 Å². The molecule has 0 unspecified atom stereocenters. The van der Waals surface area contributed by atoms with Crippen molar-refractivity contribution in [1.29, 1.82) is 0 Å². The van der Waals surface area contributed by atoms with E-state index in [0.29, 0.717) is 5.92 Å². The van der Waals surface area contributed by atoms with E-state index in [-0.39, 0.29) is 11.8 Å². The highest BCUT2D eigenvalue weighted by atomic mass is 79.9. The van der Waals surface area contributed by atoms with Crippen LogP contribution in [0, 0.1) is 17.8 Å². The normalized spacial score (nSPS) is 28.1. The standard InChI is InChI=1S/C15H15BrN2OS/c16-10-3-4-12-13(7-10)20-15(17-12)18-14(19)11-6-8-1-2-9(11)5-8/h3-4,7-9,11H,1-2,5-6H2,(H,17,18,19)/t8-,9-,11-/m1/s1. The number of hydrogen-bond acceptors (Lipinski definition) is 3. The number of hydrogen-bond donors (Lipinski definition) is 1. The number of nitrogens with zero attached hydrogens (tertiary/aromatic N) is 1. The SMILES string of the molecule is O=C(Nc1nc2ccc(Br)cc2s1)[C@@H]1C[C@@H]2CC[C@@H]1C2. The summed E-state index contributed by atoms with van der Waals surface area (Å²) in [5, 5.41) is 3.76. The van der Waals surface area contributed by atoms with Gasteiger partial charge in [-0.25, -0.2) is 4.98 Å². The molecule has 0 radical (unpaired) electrons. The molecule has 104 valence electrons. The van der Waals surface area contributed by atoms with E-state index in [9.17, 15) is 4.79 Å². The number of fused-ring (bicyclic) bond motifs is 3. The highest BCUT2D eigenvalue weighted by Crippen LogP contribution is 2.48. The number of halogens is 1. The Hall–Kier alpha value is -0.940. The van der Waals surface area contributed by atoms with Gasteiger partial charge < -0.3 is 5.32 Å². The Labute approximate surface area is 129 Å². The van der Waals surface area contributed by atoms with Crippen molar-refractivity contribution in [2.75, 3.05) is 5.32 Å². The second-order valence-electron chi connectivity index (χ2n) is 5.90. The molecule has 0 spiro atoms. The Morgan fingerprint density at radius 3 is 3.00 bits per heavy atom. The molecule has 0 saturated heterocycles. The van der Waals surface area contributed by atoms with Crippen LogP contribution in [0.25, 0.3) is 10.2 Å². The van der Waals surface area contributed by atoms with E-state index >= 15 is 0 Å². The molecule has 2 aliphatic carbocycles. The Balaban J connectivity index is 1.53. The molecular formula is C15H15BrN2OS. The smallest absolute Gasteiger partial charge is 0.229 e. The highest BCUT2D eigenvalue weighted by molar-refractivity contribution is 9.10. The summed E-state index contributed by atoms with van der Waals surface area (Å²) in [5.41, 5.74) is 0.946. The number of nitrogens with one attached hydrogen (secondary N) is 1. The number of benzene rings is 1. The van der Waals surface area contributed by atoms with Crippen LogP contribution in [-0.4, -0.2) is 10.9 Å². The maximum atomic E-state index is 12.4. The number of carbonyl (C=O) groups is 1. The third-order valence-electron chi connectivity index (χ3n) is 4.66. The third-order valence-corrected chi connectivity index (χ3v) is 6.08. The number of anilines is 1. The Kier molecular flexibility index (Phi) is 3.07. The molecular weight excluding hydrogens is 336 g/mol. The van der Waals surface area contributed by atoms with Gasteiger partial charge in [-0.2, -0.15) is 0 Å². The van der Waals surface area contributed by atoms with Gasteiger partial charge in [0.25, 0.3) is 0 Å². The fourth-order valence-electron chi connectivity index (χ4n) is 3.72. The van der Waals surface area contributed by atoms with Crippen LogP contribution in [0.1, 0.15) is 25.7 Å². The third kappa shape index (κ3) is 2.17. The van der Waals surface area contributed by atoms with Gasteiger partial charge in [0.05, 0.1) is 10.2 Å². The number of carbonyl (C=O) groups excluding carboxylic acids is 1. The van der Waals surface area contributed by atoms with Gasteiger partial charge in [0.1, 0.15) is 0 Å². The van der Waals surface area contributed by atoms with E-state index in [1.54, 1.807) is 11.3 Å². The summed E-state index contributed by atoms with van der Waals surface area (Å²) >= 11 is 5.01. The average Bonchev–Trinajstić information content (AvgIpc) is 3.11. The van der Waals surface area contributed by atoms with Gasteiger partial charge in [-0.05, 0) is 49.3 Å². The van der Waals surface area contributed by atoms with E-state index in [2.05, 4.69) is 26.2 Å². The van der Waals surface area contributed by atoms with E-state index in [1.165, 1.54) is 19.3 Å². The van der Waals surface area contributed by atoms with Gasteiger partial charge in [0.15, 0.2) is 5.13 Å². The number of rotatable bonds is 2. The van der Waals surface area contributed by atoms with Crippen LogP contribution in [-0.2, 0) is 4.79 Å². The maximum absolute atomic E-state index is 12.4. The predicted octanol–water partition coefficient (Wildman–Crippen LogP) is 4.43. The quantitative estimate of drug-likeness (QED) is 0.870. The topological polar surface area (TPSA) is 42.0 Å². The molecule has 2 aliphatic rings. The van der Waals surface area contributed by atoms with Gasteiger partial charge >= 0.3 is 0 Å². The van der Waals surface area contributed by atoms with Crippen molar-refractivity contribution < 1.29 is 4.79 Å². The fraction of sp³-hybridized carbons (Fsp3) is 0.467. The van der Waals surface area contributed by atoms with E-state index in [4.69, 9.17) is 0 Å². The largest absolute Gasteiger partial charge is 0.302 e. The zero-order valence-electron chi connectivity index (χ0n) is 10.9. The number of aromatic nitrogens is 1. The summed E-state index contributed by atoms with van der Waals surface area (Å²) in [6.45, 7) is 0. The first-order valence-corrected chi connectivity index (χ1v) is 8.67. The minimum atomic E-state index is 0.176. The molecule has 20 heavy (non-hydrogen) atoms. The van der Waals surface area contributed by atoms with Gasteiger partial charge in [-0.1, -0.05) is 33.7 Å².